The molecule has 1 aromatic carbocycles. The van der Waals surface area contributed by atoms with Crippen LogP contribution in [0.4, 0.5) is 0 Å². The quantitative estimate of drug-likeness (QED) is 0.580. The first-order chi connectivity index (χ1) is 8.25. The van der Waals surface area contributed by atoms with Crippen molar-refractivity contribution in [2.75, 3.05) is 19.8 Å². The maximum Gasteiger partial charge on any atom is 0.339 e. The third-order valence-corrected chi connectivity index (χ3v) is 2.22. The number of aliphatic hydroxyl groups excluding tert-OH is 1. The molecule has 0 unspecified atom stereocenters. The highest BCUT2D eigenvalue weighted by Gasteiger charge is 2.17. The Balaban J connectivity index is 2.28. The van der Waals surface area contributed by atoms with Crippen molar-refractivity contribution in [3.8, 4) is 0 Å². The molecule has 4 nitrogen and oxygen atoms in total. The second-order valence-corrected chi connectivity index (χ2v) is 3.53. The van der Waals surface area contributed by atoms with Crippen LogP contribution < -0.4 is 0 Å². The molecule has 0 heterocycles. The van der Waals surface area contributed by atoms with Crippen molar-refractivity contribution in [1.82, 2.24) is 0 Å². The molecule has 1 aromatic rings. The Kier molecular flexibility index (Phi) is 6.29. The zero-order chi connectivity index (χ0) is 12.5. The van der Waals surface area contributed by atoms with Crippen molar-refractivity contribution in [2.45, 2.75) is 19.4 Å². The van der Waals surface area contributed by atoms with Gasteiger partial charge in [0.15, 0.2) is 6.10 Å². The Morgan fingerprint density at radius 2 is 2.00 bits per heavy atom. The lowest BCUT2D eigenvalue weighted by Gasteiger charge is -2.10. The van der Waals surface area contributed by atoms with E-state index in [2.05, 4.69) is 0 Å². The molecule has 17 heavy (non-hydrogen) atoms. The van der Waals surface area contributed by atoms with Gasteiger partial charge in [-0.2, -0.15) is 0 Å². The van der Waals surface area contributed by atoms with Crippen LogP contribution >= 0.6 is 0 Å². The van der Waals surface area contributed by atoms with E-state index in [1.807, 2.05) is 13.0 Å². The molecule has 1 atom stereocenters. The molecule has 0 aliphatic carbocycles. The minimum atomic E-state index is -1.21. The standard InChI is InChI=1S/C13H18O4/c1-2-16-9-6-10-17-13(15)12(14)11-7-4-3-5-8-11/h3-5,7-8,12,14H,2,6,9-10H2,1H3/t12-/m1/s1. The smallest absolute Gasteiger partial charge is 0.339 e. The fourth-order valence-electron chi connectivity index (χ4n) is 1.33. The monoisotopic (exact) mass is 238 g/mol. The highest BCUT2D eigenvalue weighted by Crippen LogP contribution is 2.13. The van der Waals surface area contributed by atoms with Crippen LogP contribution in [0.25, 0.3) is 0 Å². The second-order valence-electron chi connectivity index (χ2n) is 3.53. The lowest BCUT2D eigenvalue weighted by molar-refractivity contribution is -0.154. The molecule has 4 heteroatoms. The summed E-state index contributed by atoms with van der Waals surface area (Å²) in [5.74, 6) is -0.618. The average Bonchev–Trinajstić information content (AvgIpc) is 2.38. The maximum absolute atomic E-state index is 11.5. The van der Waals surface area contributed by atoms with Crippen molar-refractivity contribution in [1.29, 1.82) is 0 Å². The van der Waals surface area contributed by atoms with E-state index in [1.54, 1.807) is 24.3 Å². The number of ether oxygens (including phenoxy) is 2. The predicted molar refractivity (Wildman–Crippen MR) is 63.5 cm³/mol. The van der Waals surface area contributed by atoms with Gasteiger partial charge in [-0.15, -0.1) is 0 Å². The number of carbonyl (C=O) groups excluding carboxylic acids is 1. The van der Waals surface area contributed by atoms with E-state index >= 15 is 0 Å². The third-order valence-electron chi connectivity index (χ3n) is 2.22. The molecule has 0 aliphatic heterocycles. The molecule has 1 N–H and O–H groups in total. The molecule has 94 valence electrons. The van der Waals surface area contributed by atoms with Crippen LogP contribution in [-0.2, 0) is 14.3 Å². The van der Waals surface area contributed by atoms with Gasteiger partial charge in [0.05, 0.1) is 6.61 Å². The van der Waals surface area contributed by atoms with Crippen LogP contribution in [0.15, 0.2) is 30.3 Å². The Bertz CT molecular complexity index is 323. The Labute approximate surface area is 101 Å². The summed E-state index contributed by atoms with van der Waals surface area (Å²) in [4.78, 5) is 11.5. The lowest BCUT2D eigenvalue weighted by atomic mass is 10.1. The highest BCUT2D eigenvalue weighted by molar-refractivity contribution is 5.76. The summed E-state index contributed by atoms with van der Waals surface area (Å²) in [5.41, 5.74) is 0.544. The van der Waals surface area contributed by atoms with E-state index in [4.69, 9.17) is 9.47 Å². The number of hydrogen-bond acceptors (Lipinski definition) is 4. The molecule has 0 bridgehead atoms. The normalized spacial score (nSPS) is 12.1. The summed E-state index contributed by atoms with van der Waals surface area (Å²) >= 11 is 0. The minimum Gasteiger partial charge on any atom is -0.463 e. The van der Waals surface area contributed by atoms with Crippen LogP contribution in [-0.4, -0.2) is 30.9 Å². The van der Waals surface area contributed by atoms with E-state index in [1.165, 1.54) is 0 Å². The summed E-state index contributed by atoms with van der Waals surface area (Å²) in [5, 5.41) is 9.69. The Morgan fingerprint density at radius 3 is 2.65 bits per heavy atom. The topological polar surface area (TPSA) is 55.8 Å². The molecule has 0 saturated carbocycles. The Morgan fingerprint density at radius 1 is 1.29 bits per heavy atom. The highest BCUT2D eigenvalue weighted by atomic mass is 16.5. The first-order valence-corrected chi connectivity index (χ1v) is 5.73. The number of esters is 1. The van der Waals surface area contributed by atoms with Gasteiger partial charge in [0.25, 0.3) is 0 Å². The van der Waals surface area contributed by atoms with Crippen LogP contribution in [0.5, 0.6) is 0 Å². The molecule has 0 aromatic heterocycles. The van der Waals surface area contributed by atoms with Gasteiger partial charge in [-0.25, -0.2) is 4.79 Å². The number of benzene rings is 1. The maximum atomic E-state index is 11.5. The van der Waals surface area contributed by atoms with Crippen molar-refractivity contribution < 1.29 is 19.4 Å². The summed E-state index contributed by atoms with van der Waals surface area (Å²) < 4.78 is 10.0. The molecule has 0 fully saturated rings. The largest absolute Gasteiger partial charge is 0.463 e. The summed E-state index contributed by atoms with van der Waals surface area (Å²) in [6.45, 7) is 3.39. The minimum absolute atomic E-state index is 0.267. The van der Waals surface area contributed by atoms with Gasteiger partial charge in [-0.1, -0.05) is 30.3 Å². The van der Waals surface area contributed by atoms with Crippen LogP contribution in [0, 0.1) is 0 Å². The van der Waals surface area contributed by atoms with E-state index in [0.717, 1.165) is 0 Å². The molecular weight excluding hydrogens is 220 g/mol. The Hall–Kier alpha value is -1.39. The second kappa shape index (κ2) is 7.81. The average molecular weight is 238 g/mol. The van der Waals surface area contributed by atoms with Gasteiger partial charge < -0.3 is 14.6 Å². The van der Waals surface area contributed by atoms with Gasteiger partial charge in [0.2, 0.25) is 0 Å². The van der Waals surface area contributed by atoms with Crippen molar-refractivity contribution >= 4 is 5.97 Å². The van der Waals surface area contributed by atoms with E-state index in [9.17, 15) is 9.90 Å². The summed E-state index contributed by atoms with van der Waals surface area (Å²) in [6, 6.07) is 8.73. The lowest BCUT2D eigenvalue weighted by Crippen LogP contribution is -2.16. The van der Waals surface area contributed by atoms with Gasteiger partial charge in [0.1, 0.15) is 0 Å². The number of carbonyl (C=O) groups is 1. The van der Waals surface area contributed by atoms with Gasteiger partial charge in [-0.3, -0.25) is 0 Å². The summed E-state index contributed by atoms with van der Waals surface area (Å²) in [6.07, 6.45) is -0.565. The van der Waals surface area contributed by atoms with E-state index in [0.29, 0.717) is 25.2 Å². The molecule has 0 aliphatic rings. The molecule has 0 radical (unpaired) electrons. The van der Waals surface area contributed by atoms with Crippen LogP contribution in [0.1, 0.15) is 25.0 Å². The van der Waals surface area contributed by atoms with Crippen molar-refractivity contribution in [3.05, 3.63) is 35.9 Å². The first-order valence-electron chi connectivity index (χ1n) is 5.73. The van der Waals surface area contributed by atoms with Crippen molar-refractivity contribution in [3.63, 3.8) is 0 Å². The third kappa shape index (κ3) is 4.97. The van der Waals surface area contributed by atoms with E-state index < -0.39 is 12.1 Å². The predicted octanol–water partition coefficient (Wildman–Crippen LogP) is 1.69. The zero-order valence-electron chi connectivity index (χ0n) is 9.96. The zero-order valence-corrected chi connectivity index (χ0v) is 9.96. The first kappa shape index (κ1) is 13.7. The van der Waals surface area contributed by atoms with Gasteiger partial charge in [0, 0.05) is 19.6 Å². The van der Waals surface area contributed by atoms with Gasteiger partial charge in [-0.05, 0) is 12.5 Å². The SMILES string of the molecule is CCOCCCOC(=O)[C@H](O)c1ccccc1. The number of hydrogen-bond donors (Lipinski definition) is 1. The number of aliphatic hydroxyl groups is 1. The molecule has 0 spiro atoms. The van der Waals surface area contributed by atoms with E-state index in [-0.39, 0.29) is 6.61 Å². The molecule has 1 rings (SSSR count). The fraction of sp³-hybridized carbons (Fsp3) is 0.462. The van der Waals surface area contributed by atoms with Crippen molar-refractivity contribution in [2.24, 2.45) is 0 Å². The molecule has 0 amide bonds. The molecular formula is C13H18O4. The number of rotatable bonds is 7. The van der Waals surface area contributed by atoms with Gasteiger partial charge >= 0.3 is 5.97 Å². The van der Waals surface area contributed by atoms with Crippen LogP contribution in [0.3, 0.4) is 0 Å². The fourth-order valence-corrected chi connectivity index (χ4v) is 1.33. The summed E-state index contributed by atoms with van der Waals surface area (Å²) in [7, 11) is 0. The van der Waals surface area contributed by atoms with Crippen LogP contribution in [0.2, 0.25) is 0 Å². The molecule has 0 saturated heterocycles.